The maximum Gasteiger partial charge on any atom is 0.195 e. The number of hydrogen-bond donors (Lipinski definition) is 2. The fourth-order valence-electron chi connectivity index (χ4n) is 2.39. The molecule has 1 heterocycles. The molecular formula is C17H27N3O3. The van der Waals surface area contributed by atoms with Crippen molar-refractivity contribution in [2.75, 3.05) is 45.8 Å². The van der Waals surface area contributed by atoms with Crippen molar-refractivity contribution in [1.29, 1.82) is 0 Å². The molecule has 1 aromatic carbocycles. The average Bonchev–Trinajstić information content (AvgIpc) is 3.09. The molecule has 0 saturated carbocycles. The van der Waals surface area contributed by atoms with E-state index in [0.717, 1.165) is 49.8 Å². The summed E-state index contributed by atoms with van der Waals surface area (Å²) in [6.45, 7) is 2.98. The van der Waals surface area contributed by atoms with Gasteiger partial charge in [-0.3, -0.25) is 4.99 Å². The number of nitrogens with zero attached hydrogens (tertiary/aromatic N) is 1. The molecule has 1 aromatic rings. The molecule has 2 rings (SSSR count). The van der Waals surface area contributed by atoms with E-state index in [1.165, 1.54) is 0 Å². The third kappa shape index (κ3) is 6.46. The minimum Gasteiger partial charge on any atom is -0.493 e. The van der Waals surface area contributed by atoms with E-state index in [4.69, 9.17) is 14.2 Å². The van der Waals surface area contributed by atoms with Crippen LogP contribution in [0.1, 0.15) is 19.3 Å². The van der Waals surface area contributed by atoms with Gasteiger partial charge in [-0.1, -0.05) is 6.07 Å². The monoisotopic (exact) mass is 321 g/mol. The summed E-state index contributed by atoms with van der Waals surface area (Å²) in [6.07, 6.45) is 3.40. The zero-order valence-corrected chi connectivity index (χ0v) is 14.0. The van der Waals surface area contributed by atoms with Crippen molar-refractivity contribution in [2.24, 2.45) is 4.99 Å². The van der Waals surface area contributed by atoms with Gasteiger partial charge >= 0.3 is 0 Å². The number of methoxy groups -OCH3 is 1. The zero-order chi connectivity index (χ0) is 16.3. The molecule has 1 saturated heterocycles. The largest absolute Gasteiger partial charge is 0.493 e. The number of guanidine groups is 1. The fourth-order valence-corrected chi connectivity index (χ4v) is 2.39. The van der Waals surface area contributed by atoms with Crippen LogP contribution in [0.5, 0.6) is 5.75 Å². The maximum atomic E-state index is 5.70. The van der Waals surface area contributed by atoms with Crippen LogP contribution in [0.25, 0.3) is 0 Å². The standard InChI is InChI=1S/C17H27N3O3/c1-18-17(19-13-16-8-4-10-23-16)20-14-6-3-7-15(12-14)22-11-5-9-21-2/h3,6-7,12,16H,4-5,8-11,13H2,1-2H3,(H2,18,19,20). The van der Waals surface area contributed by atoms with E-state index in [0.29, 0.717) is 13.2 Å². The molecule has 0 spiro atoms. The van der Waals surface area contributed by atoms with Crippen molar-refractivity contribution in [1.82, 2.24) is 5.32 Å². The van der Waals surface area contributed by atoms with Gasteiger partial charge in [0.05, 0.1) is 12.7 Å². The van der Waals surface area contributed by atoms with Crippen LogP contribution in [0, 0.1) is 0 Å². The molecule has 0 radical (unpaired) electrons. The van der Waals surface area contributed by atoms with Crippen LogP contribution in [0.2, 0.25) is 0 Å². The minimum atomic E-state index is 0.281. The highest BCUT2D eigenvalue weighted by molar-refractivity contribution is 5.93. The van der Waals surface area contributed by atoms with Crippen LogP contribution >= 0.6 is 0 Å². The smallest absolute Gasteiger partial charge is 0.195 e. The Morgan fingerprint density at radius 3 is 3.04 bits per heavy atom. The van der Waals surface area contributed by atoms with E-state index in [1.807, 2.05) is 24.3 Å². The third-order valence-electron chi connectivity index (χ3n) is 3.60. The van der Waals surface area contributed by atoms with E-state index < -0.39 is 0 Å². The highest BCUT2D eigenvalue weighted by Crippen LogP contribution is 2.17. The lowest BCUT2D eigenvalue weighted by atomic mass is 10.2. The highest BCUT2D eigenvalue weighted by Gasteiger charge is 2.15. The second-order valence-electron chi connectivity index (χ2n) is 5.44. The summed E-state index contributed by atoms with van der Waals surface area (Å²) in [5.74, 6) is 1.57. The molecule has 0 aliphatic carbocycles. The lowest BCUT2D eigenvalue weighted by Crippen LogP contribution is -2.36. The molecule has 0 bridgehead atoms. The number of hydrogen-bond acceptors (Lipinski definition) is 4. The second-order valence-corrected chi connectivity index (χ2v) is 5.44. The Bertz CT molecular complexity index is 488. The van der Waals surface area contributed by atoms with Gasteiger partial charge in [-0.25, -0.2) is 0 Å². The Labute approximate surface area is 138 Å². The normalized spacial score (nSPS) is 18.0. The molecule has 0 aromatic heterocycles. The summed E-state index contributed by atoms with van der Waals surface area (Å²) in [5, 5.41) is 6.57. The van der Waals surface area contributed by atoms with Crippen LogP contribution in [-0.4, -0.2) is 52.6 Å². The Hall–Kier alpha value is -1.79. The fraction of sp³-hybridized carbons (Fsp3) is 0.588. The molecule has 2 N–H and O–H groups in total. The average molecular weight is 321 g/mol. The van der Waals surface area contributed by atoms with Crippen LogP contribution in [-0.2, 0) is 9.47 Å². The highest BCUT2D eigenvalue weighted by atomic mass is 16.5. The van der Waals surface area contributed by atoms with Gasteiger partial charge in [0.1, 0.15) is 5.75 Å². The summed E-state index contributed by atoms with van der Waals surface area (Å²) in [6, 6.07) is 7.86. The van der Waals surface area contributed by atoms with Crippen LogP contribution in [0.15, 0.2) is 29.3 Å². The minimum absolute atomic E-state index is 0.281. The van der Waals surface area contributed by atoms with Gasteiger partial charge in [0.2, 0.25) is 0 Å². The zero-order valence-electron chi connectivity index (χ0n) is 14.0. The van der Waals surface area contributed by atoms with Crippen LogP contribution in [0.3, 0.4) is 0 Å². The molecular weight excluding hydrogens is 294 g/mol. The maximum absolute atomic E-state index is 5.70. The number of aliphatic imine (C=N–C) groups is 1. The number of anilines is 1. The number of rotatable bonds is 8. The van der Waals surface area contributed by atoms with Crippen molar-refractivity contribution in [3.8, 4) is 5.75 Å². The van der Waals surface area contributed by atoms with Gasteiger partial charge in [-0.15, -0.1) is 0 Å². The summed E-state index contributed by atoms with van der Waals surface area (Å²) in [4.78, 5) is 4.24. The first-order valence-electron chi connectivity index (χ1n) is 8.13. The summed E-state index contributed by atoms with van der Waals surface area (Å²) in [5.41, 5.74) is 0.940. The summed E-state index contributed by atoms with van der Waals surface area (Å²) < 4.78 is 16.3. The molecule has 6 heteroatoms. The molecule has 1 aliphatic rings. The summed E-state index contributed by atoms with van der Waals surface area (Å²) in [7, 11) is 3.45. The Kier molecular flexibility index (Phi) is 7.69. The van der Waals surface area contributed by atoms with Gasteiger partial charge in [0, 0.05) is 52.1 Å². The van der Waals surface area contributed by atoms with Gasteiger partial charge in [0.15, 0.2) is 5.96 Å². The van der Waals surface area contributed by atoms with E-state index >= 15 is 0 Å². The van der Waals surface area contributed by atoms with Gasteiger partial charge in [-0.05, 0) is 25.0 Å². The van der Waals surface area contributed by atoms with Crippen LogP contribution in [0.4, 0.5) is 5.69 Å². The van der Waals surface area contributed by atoms with E-state index in [-0.39, 0.29) is 6.10 Å². The number of benzene rings is 1. The van der Waals surface area contributed by atoms with E-state index in [1.54, 1.807) is 14.2 Å². The van der Waals surface area contributed by atoms with Crippen molar-refractivity contribution in [3.05, 3.63) is 24.3 Å². The first-order valence-corrected chi connectivity index (χ1v) is 8.13. The SMILES string of the molecule is CN=C(NCC1CCCO1)Nc1cccc(OCCCOC)c1. The number of ether oxygens (including phenoxy) is 3. The van der Waals surface area contributed by atoms with Crippen molar-refractivity contribution in [2.45, 2.75) is 25.4 Å². The Balaban J connectivity index is 1.80. The summed E-state index contributed by atoms with van der Waals surface area (Å²) >= 11 is 0. The Morgan fingerprint density at radius 1 is 1.39 bits per heavy atom. The van der Waals surface area contributed by atoms with Gasteiger partial charge in [0.25, 0.3) is 0 Å². The topological polar surface area (TPSA) is 64.1 Å². The lowest BCUT2D eigenvalue weighted by molar-refractivity contribution is 0.114. The first kappa shape index (κ1) is 17.6. The van der Waals surface area contributed by atoms with E-state index in [2.05, 4.69) is 15.6 Å². The van der Waals surface area contributed by atoms with E-state index in [9.17, 15) is 0 Å². The Morgan fingerprint density at radius 2 is 2.30 bits per heavy atom. The predicted octanol–water partition coefficient (Wildman–Crippen LogP) is 2.27. The predicted molar refractivity (Wildman–Crippen MR) is 92.4 cm³/mol. The van der Waals surface area contributed by atoms with Gasteiger partial charge < -0.3 is 24.8 Å². The second kappa shape index (κ2) is 10.1. The quantitative estimate of drug-likeness (QED) is 0.437. The molecule has 1 atom stereocenters. The molecule has 6 nitrogen and oxygen atoms in total. The third-order valence-corrected chi connectivity index (χ3v) is 3.60. The molecule has 23 heavy (non-hydrogen) atoms. The first-order chi connectivity index (χ1) is 11.3. The van der Waals surface area contributed by atoms with Crippen molar-refractivity contribution in [3.63, 3.8) is 0 Å². The molecule has 128 valence electrons. The number of nitrogens with one attached hydrogen (secondary N) is 2. The van der Waals surface area contributed by atoms with Crippen molar-refractivity contribution < 1.29 is 14.2 Å². The lowest BCUT2D eigenvalue weighted by Gasteiger charge is -2.15. The van der Waals surface area contributed by atoms with Gasteiger partial charge in [-0.2, -0.15) is 0 Å². The van der Waals surface area contributed by atoms with Crippen LogP contribution < -0.4 is 15.4 Å². The molecule has 1 fully saturated rings. The molecule has 1 aliphatic heterocycles. The molecule has 0 amide bonds. The molecule has 1 unspecified atom stereocenters. The van der Waals surface area contributed by atoms with Crippen molar-refractivity contribution >= 4 is 11.6 Å².